The third kappa shape index (κ3) is 4.26. The molecule has 1 aromatic rings. The zero-order chi connectivity index (χ0) is 13.9. The van der Waals surface area contributed by atoms with E-state index in [-0.39, 0.29) is 6.04 Å². The third-order valence-electron chi connectivity index (χ3n) is 2.92. The molecule has 3 nitrogen and oxygen atoms in total. The predicted molar refractivity (Wildman–Crippen MR) is 81.2 cm³/mol. The molecular formula is C14H23BrN2O. The molecule has 0 amide bonds. The van der Waals surface area contributed by atoms with E-state index in [1.54, 1.807) is 0 Å². The maximum Gasteiger partial charge on any atom is 0.0765 e. The van der Waals surface area contributed by atoms with Crippen LogP contribution in [0.4, 0.5) is 5.69 Å². The molecular weight excluding hydrogens is 292 g/mol. The molecule has 0 aliphatic carbocycles. The first kappa shape index (κ1) is 15.5. The fourth-order valence-corrected chi connectivity index (χ4v) is 2.42. The number of hydrogen-bond acceptors (Lipinski definition) is 3. The Kier molecular flexibility index (Phi) is 5.20. The summed E-state index contributed by atoms with van der Waals surface area (Å²) in [7, 11) is 3.96. The SMILES string of the molecule is CNC(C)c1cc(Br)ccc1N(C)CC(C)(C)O. The number of rotatable bonds is 5. The first-order valence-electron chi connectivity index (χ1n) is 6.15. The summed E-state index contributed by atoms with van der Waals surface area (Å²) in [6, 6.07) is 6.50. The van der Waals surface area contributed by atoms with E-state index >= 15 is 0 Å². The van der Waals surface area contributed by atoms with Crippen LogP contribution in [0.25, 0.3) is 0 Å². The van der Waals surface area contributed by atoms with Gasteiger partial charge in [0.2, 0.25) is 0 Å². The summed E-state index contributed by atoms with van der Waals surface area (Å²) in [6.45, 7) is 6.37. The van der Waals surface area contributed by atoms with Crippen LogP contribution in [0.1, 0.15) is 32.4 Å². The number of halogens is 1. The Balaban J connectivity index is 3.07. The van der Waals surface area contributed by atoms with Gasteiger partial charge in [-0.1, -0.05) is 15.9 Å². The molecule has 102 valence electrons. The van der Waals surface area contributed by atoms with E-state index in [0.29, 0.717) is 6.54 Å². The number of benzene rings is 1. The van der Waals surface area contributed by atoms with Crippen LogP contribution in [0.3, 0.4) is 0 Å². The van der Waals surface area contributed by atoms with Crippen LogP contribution in [0.5, 0.6) is 0 Å². The first-order chi connectivity index (χ1) is 8.24. The summed E-state index contributed by atoms with van der Waals surface area (Å²) in [4.78, 5) is 2.09. The van der Waals surface area contributed by atoms with Gasteiger partial charge >= 0.3 is 0 Å². The Hall–Kier alpha value is -0.580. The van der Waals surface area contributed by atoms with Crippen molar-refractivity contribution in [1.82, 2.24) is 5.32 Å². The predicted octanol–water partition coefficient (Wildman–Crippen LogP) is 2.94. The number of hydrogen-bond donors (Lipinski definition) is 2. The van der Waals surface area contributed by atoms with E-state index < -0.39 is 5.60 Å². The van der Waals surface area contributed by atoms with Crippen molar-refractivity contribution in [3.63, 3.8) is 0 Å². The molecule has 0 aromatic heterocycles. The fraction of sp³-hybridized carbons (Fsp3) is 0.571. The summed E-state index contributed by atoms with van der Waals surface area (Å²) >= 11 is 3.51. The number of anilines is 1. The van der Waals surface area contributed by atoms with Gasteiger partial charge in [-0.2, -0.15) is 0 Å². The lowest BCUT2D eigenvalue weighted by atomic mass is 10.0. The smallest absolute Gasteiger partial charge is 0.0765 e. The molecule has 0 aliphatic rings. The monoisotopic (exact) mass is 314 g/mol. The average molecular weight is 315 g/mol. The van der Waals surface area contributed by atoms with E-state index in [4.69, 9.17) is 0 Å². The number of nitrogens with zero attached hydrogens (tertiary/aromatic N) is 1. The minimum atomic E-state index is -0.706. The molecule has 18 heavy (non-hydrogen) atoms. The fourth-order valence-electron chi connectivity index (χ4n) is 2.04. The van der Waals surface area contributed by atoms with Gasteiger partial charge in [-0.15, -0.1) is 0 Å². The standard InChI is InChI=1S/C14H23BrN2O/c1-10(16-4)12-8-11(15)6-7-13(12)17(5)9-14(2,3)18/h6-8,10,16,18H,9H2,1-5H3. The maximum absolute atomic E-state index is 9.92. The van der Waals surface area contributed by atoms with E-state index in [1.807, 2.05) is 34.0 Å². The van der Waals surface area contributed by atoms with Gasteiger partial charge in [-0.3, -0.25) is 0 Å². The van der Waals surface area contributed by atoms with Crippen LogP contribution < -0.4 is 10.2 Å². The van der Waals surface area contributed by atoms with Gasteiger partial charge in [0, 0.05) is 29.8 Å². The molecule has 0 saturated heterocycles. The van der Waals surface area contributed by atoms with Crippen LogP contribution in [-0.2, 0) is 0 Å². The zero-order valence-electron chi connectivity index (χ0n) is 11.8. The van der Waals surface area contributed by atoms with Crippen molar-refractivity contribution in [3.8, 4) is 0 Å². The number of likely N-dealkylation sites (N-methyl/N-ethyl adjacent to an activating group) is 1. The summed E-state index contributed by atoms with van der Waals surface area (Å²) < 4.78 is 1.07. The largest absolute Gasteiger partial charge is 0.389 e. The van der Waals surface area contributed by atoms with Gasteiger partial charge in [0.1, 0.15) is 0 Å². The summed E-state index contributed by atoms with van der Waals surface area (Å²) in [5, 5.41) is 13.2. The molecule has 0 aliphatic heterocycles. The second-order valence-corrected chi connectivity index (χ2v) is 6.30. The van der Waals surface area contributed by atoms with Crippen molar-refractivity contribution in [2.75, 3.05) is 25.5 Å². The minimum Gasteiger partial charge on any atom is -0.389 e. The van der Waals surface area contributed by atoms with Crippen molar-refractivity contribution in [3.05, 3.63) is 28.2 Å². The maximum atomic E-state index is 9.92. The van der Waals surface area contributed by atoms with E-state index in [1.165, 1.54) is 5.56 Å². The highest BCUT2D eigenvalue weighted by Gasteiger charge is 2.19. The van der Waals surface area contributed by atoms with Crippen molar-refractivity contribution >= 4 is 21.6 Å². The highest BCUT2D eigenvalue weighted by molar-refractivity contribution is 9.10. The first-order valence-corrected chi connectivity index (χ1v) is 6.94. The van der Waals surface area contributed by atoms with Crippen molar-refractivity contribution < 1.29 is 5.11 Å². The molecule has 1 unspecified atom stereocenters. The lowest BCUT2D eigenvalue weighted by Crippen LogP contribution is -2.37. The molecule has 2 N–H and O–H groups in total. The van der Waals surface area contributed by atoms with Crippen molar-refractivity contribution in [1.29, 1.82) is 0 Å². The van der Waals surface area contributed by atoms with Gasteiger partial charge in [0.05, 0.1) is 5.60 Å². The molecule has 1 rings (SSSR count). The Morgan fingerprint density at radius 1 is 1.44 bits per heavy atom. The third-order valence-corrected chi connectivity index (χ3v) is 3.42. The molecule has 0 heterocycles. The minimum absolute atomic E-state index is 0.266. The molecule has 0 saturated carbocycles. The Morgan fingerprint density at radius 2 is 2.06 bits per heavy atom. The molecule has 0 spiro atoms. The number of aliphatic hydroxyl groups is 1. The Labute approximate surface area is 118 Å². The van der Waals surface area contributed by atoms with Crippen molar-refractivity contribution in [2.45, 2.75) is 32.4 Å². The van der Waals surface area contributed by atoms with Gasteiger partial charge in [0.15, 0.2) is 0 Å². The van der Waals surface area contributed by atoms with Gasteiger partial charge < -0.3 is 15.3 Å². The second kappa shape index (κ2) is 6.04. The zero-order valence-corrected chi connectivity index (χ0v) is 13.4. The normalized spacial score (nSPS) is 13.5. The molecule has 0 bridgehead atoms. The molecule has 1 aromatic carbocycles. The van der Waals surface area contributed by atoms with Crippen LogP contribution >= 0.6 is 15.9 Å². The topological polar surface area (TPSA) is 35.5 Å². The van der Waals surface area contributed by atoms with Gasteiger partial charge in [0.25, 0.3) is 0 Å². The molecule has 0 fully saturated rings. The van der Waals surface area contributed by atoms with Crippen LogP contribution in [0.15, 0.2) is 22.7 Å². The van der Waals surface area contributed by atoms with Crippen LogP contribution in [0.2, 0.25) is 0 Å². The second-order valence-electron chi connectivity index (χ2n) is 5.38. The summed E-state index contributed by atoms with van der Waals surface area (Å²) in [5.41, 5.74) is 1.66. The van der Waals surface area contributed by atoms with E-state index in [0.717, 1.165) is 10.2 Å². The highest BCUT2D eigenvalue weighted by atomic mass is 79.9. The lowest BCUT2D eigenvalue weighted by Gasteiger charge is -2.30. The average Bonchev–Trinajstić information content (AvgIpc) is 2.25. The lowest BCUT2D eigenvalue weighted by molar-refractivity contribution is 0.0886. The van der Waals surface area contributed by atoms with Crippen molar-refractivity contribution in [2.24, 2.45) is 0 Å². The quantitative estimate of drug-likeness (QED) is 0.877. The van der Waals surface area contributed by atoms with E-state index in [2.05, 4.69) is 45.2 Å². The molecule has 1 atom stereocenters. The van der Waals surface area contributed by atoms with Crippen LogP contribution in [0, 0.1) is 0 Å². The molecule has 4 heteroatoms. The Bertz CT molecular complexity index is 401. The number of nitrogens with one attached hydrogen (secondary N) is 1. The van der Waals surface area contributed by atoms with E-state index in [9.17, 15) is 5.11 Å². The van der Waals surface area contributed by atoms with Gasteiger partial charge in [-0.05, 0) is 51.6 Å². The Morgan fingerprint density at radius 3 is 2.56 bits per heavy atom. The summed E-state index contributed by atoms with van der Waals surface area (Å²) in [5.74, 6) is 0. The summed E-state index contributed by atoms with van der Waals surface area (Å²) in [6.07, 6.45) is 0. The van der Waals surface area contributed by atoms with Gasteiger partial charge in [-0.25, -0.2) is 0 Å². The molecule has 0 radical (unpaired) electrons. The highest BCUT2D eigenvalue weighted by Crippen LogP contribution is 2.29. The van der Waals surface area contributed by atoms with Crippen LogP contribution in [-0.4, -0.2) is 31.3 Å².